The summed E-state index contributed by atoms with van der Waals surface area (Å²) in [6.45, 7) is 0. The second-order valence-electron chi connectivity index (χ2n) is 4.04. The van der Waals surface area contributed by atoms with Gasteiger partial charge in [0.15, 0.2) is 0 Å². The fraction of sp³-hybridized carbons (Fsp3) is 0.214. The van der Waals surface area contributed by atoms with Crippen molar-refractivity contribution < 1.29 is 0 Å². The molecule has 0 N–H and O–H groups in total. The Kier molecular flexibility index (Phi) is 2.02. The van der Waals surface area contributed by atoms with E-state index in [1.54, 1.807) is 0 Å². The SMILES string of the molecule is C1=CC(c2ccc3ccccc3n2)CC1. The van der Waals surface area contributed by atoms with Gasteiger partial charge in [-0.1, -0.05) is 36.4 Å². The van der Waals surface area contributed by atoms with Gasteiger partial charge in [0.2, 0.25) is 0 Å². The predicted octanol–water partition coefficient (Wildman–Crippen LogP) is 3.67. The van der Waals surface area contributed by atoms with Gasteiger partial charge in [0.25, 0.3) is 0 Å². The Labute approximate surface area is 89.5 Å². The molecular weight excluding hydrogens is 182 g/mol. The van der Waals surface area contributed by atoms with E-state index in [9.17, 15) is 0 Å². The molecule has 0 spiro atoms. The van der Waals surface area contributed by atoms with Gasteiger partial charge in [-0.25, -0.2) is 0 Å². The molecule has 0 fully saturated rings. The van der Waals surface area contributed by atoms with Crippen molar-refractivity contribution in [2.75, 3.05) is 0 Å². The van der Waals surface area contributed by atoms with Crippen LogP contribution in [0.15, 0.2) is 48.6 Å². The van der Waals surface area contributed by atoms with Crippen LogP contribution in [0.3, 0.4) is 0 Å². The molecule has 15 heavy (non-hydrogen) atoms. The number of para-hydroxylation sites is 1. The van der Waals surface area contributed by atoms with Crippen molar-refractivity contribution in [3.8, 4) is 0 Å². The molecule has 1 aliphatic carbocycles. The summed E-state index contributed by atoms with van der Waals surface area (Å²) in [6, 6.07) is 12.6. The van der Waals surface area contributed by atoms with Crippen molar-refractivity contribution >= 4 is 10.9 Å². The van der Waals surface area contributed by atoms with E-state index in [0.29, 0.717) is 5.92 Å². The number of allylic oxidation sites excluding steroid dienone is 2. The molecule has 1 nitrogen and oxygen atoms in total. The zero-order valence-corrected chi connectivity index (χ0v) is 8.56. The molecule has 2 aromatic rings. The van der Waals surface area contributed by atoms with Gasteiger partial charge in [0.05, 0.1) is 5.52 Å². The Hall–Kier alpha value is -1.63. The lowest BCUT2D eigenvalue weighted by Crippen LogP contribution is -1.95. The highest BCUT2D eigenvalue weighted by Crippen LogP contribution is 2.27. The molecule has 0 saturated heterocycles. The quantitative estimate of drug-likeness (QED) is 0.633. The lowest BCUT2D eigenvalue weighted by atomic mass is 10.0. The van der Waals surface area contributed by atoms with Crippen molar-refractivity contribution in [1.29, 1.82) is 0 Å². The summed E-state index contributed by atoms with van der Waals surface area (Å²) in [5, 5.41) is 1.23. The molecule has 1 aliphatic rings. The first kappa shape index (κ1) is 8.66. The minimum absolute atomic E-state index is 0.537. The predicted molar refractivity (Wildman–Crippen MR) is 62.9 cm³/mol. The van der Waals surface area contributed by atoms with Gasteiger partial charge in [-0.15, -0.1) is 0 Å². The zero-order chi connectivity index (χ0) is 10.1. The first-order valence-corrected chi connectivity index (χ1v) is 5.46. The van der Waals surface area contributed by atoms with E-state index in [4.69, 9.17) is 4.98 Å². The number of hydrogen-bond donors (Lipinski definition) is 0. The molecule has 0 saturated carbocycles. The number of aromatic nitrogens is 1. The second-order valence-corrected chi connectivity index (χ2v) is 4.04. The minimum Gasteiger partial charge on any atom is -0.252 e. The van der Waals surface area contributed by atoms with Crippen molar-refractivity contribution in [2.24, 2.45) is 0 Å². The van der Waals surface area contributed by atoms with E-state index >= 15 is 0 Å². The number of fused-ring (bicyclic) bond motifs is 1. The summed E-state index contributed by atoms with van der Waals surface area (Å²) >= 11 is 0. The van der Waals surface area contributed by atoms with Gasteiger partial charge in [-0.05, 0) is 25.0 Å². The molecule has 3 rings (SSSR count). The van der Waals surface area contributed by atoms with Crippen LogP contribution in [-0.4, -0.2) is 4.98 Å². The molecule has 1 unspecified atom stereocenters. The van der Waals surface area contributed by atoms with E-state index < -0.39 is 0 Å². The largest absolute Gasteiger partial charge is 0.252 e. The van der Waals surface area contributed by atoms with E-state index in [1.807, 2.05) is 6.07 Å². The molecule has 1 heteroatoms. The number of rotatable bonds is 1. The Morgan fingerprint density at radius 3 is 2.87 bits per heavy atom. The Balaban J connectivity index is 2.09. The third-order valence-electron chi connectivity index (χ3n) is 3.01. The first-order valence-electron chi connectivity index (χ1n) is 5.46. The first-order chi connectivity index (χ1) is 7.43. The lowest BCUT2D eigenvalue weighted by Gasteiger charge is -2.07. The summed E-state index contributed by atoms with van der Waals surface area (Å²) in [5.74, 6) is 0.537. The van der Waals surface area contributed by atoms with E-state index in [-0.39, 0.29) is 0 Å². The maximum atomic E-state index is 4.71. The Bertz CT molecular complexity index is 513. The average Bonchev–Trinajstić information content (AvgIpc) is 2.82. The highest BCUT2D eigenvalue weighted by Gasteiger charge is 2.12. The smallest absolute Gasteiger partial charge is 0.0705 e. The molecule has 0 amide bonds. The zero-order valence-electron chi connectivity index (χ0n) is 8.56. The number of pyridine rings is 1. The maximum absolute atomic E-state index is 4.71. The van der Waals surface area contributed by atoms with Crippen molar-refractivity contribution in [1.82, 2.24) is 4.98 Å². The Morgan fingerprint density at radius 2 is 2.00 bits per heavy atom. The van der Waals surface area contributed by atoms with E-state index in [1.165, 1.54) is 23.9 Å². The number of hydrogen-bond acceptors (Lipinski definition) is 1. The molecule has 0 radical (unpaired) electrons. The van der Waals surface area contributed by atoms with Gasteiger partial charge in [0, 0.05) is 17.0 Å². The highest BCUT2D eigenvalue weighted by atomic mass is 14.7. The molecule has 0 aliphatic heterocycles. The third kappa shape index (κ3) is 1.54. The van der Waals surface area contributed by atoms with Crippen LogP contribution < -0.4 is 0 Å². The molecule has 1 atom stereocenters. The number of nitrogens with zero attached hydrogens (tertiary/aromatic N) is 1. The molecular formula is C14H13N. The Morgan fingerprint density at radius 1 is 1.07 bits per heavy atom. The van der Waals surface area contributed by atoms with Crippen LogP contribution >= 0.6 is 0 Å². The van der Waals surface area contributed by atoms with Gasteiger partial charge in [-0.3, -0.25) is 4.98 Å². The van der Waals surface area contributed by atoms with Gasteiger partial charge >= 0.3 is 0 Å². The van der Waals surface area contributed by atoms with Crippen LogP contribution in [0.1, 0.15) is 24.5 Å². The topological polar surface area (TPSA) is 12.9 Å². The summed E-state index contributed by atoms with van der Waals surface area (Å²) in [4.78, 5) is 4.71. The fourth-order valence-corrected chi connectivity index (χ4v) is 2.17. The van der Waals surface area contributed by atoms with Crippen LogP contribution in [0.5, 0.6) is 0 Å². The van der Waals surface area contributed by atoms with Gasteiger partial charge < -0.3 is 0 Å². The normalized spacial score (nSPS) is 19.9. The average molecular weight is 195 g/mol. The van der Waals surface area contributed by atoms with Gasteiger partial charge in [0.1, 0.15) is 0 Å². The monoisotopic (exact) mass is 195 g/mol. The highest BCUT2D eigenvalue weighted by molar-refractivity contribution is 5.78. The summed E-state index contributed by atoms with van der Waals surface area (Å²) in [5.41, 5.74) is 2.32. The van der Waals surface area contributed by atoms with Crippen LogP contribution in [-0.2, 0) is 0 Å². The van der Waals surface area contributed by atoms with Crippen molar-refractivity contribution in [3.63, 3.8) is 0 Å². The molecule has 1 heterocycles. The van der Waals surface area contributed by atoms with Crippen molar-refractivity contribution in [3.05, 3.63) is 54.2 Å². The third-order valence-corrected chi connectivity index (χ3v) is 3.01. The maximum Gasteiger partial charge on any atom is 0.0705 e. The van der Waals surface area contributed by atoms with Crippen molar-refractivity contribution in [2.45, 2.75) is 18.8 Å². The standard InChI is InChI=1S/C14H13N/c1-2-6-11(5-1)14-10-9-12-7-3-4-8-13(12)15-14/h1,3-5,7-11H,2,6H2. The van der Waals surface area contributed by atoms with E-state index in [2.05, 4.69) is 42.5 Å². The van der Waals surface area contributed by atoms with Gasteiger partial charge in [-0.2, -0.15) is 0 Å². The number of benzene rings is 1. The summed E-state index contributed by atoms with van der Waals surface area (Å²) in [6.07, 6.45) is 6.93. The lowest BCUT2D eigenvalue weighted by molar-refractivity contribution is 0.778. The van der Waals surface area contributed by atoms with Crippen LogP contribution in [0.25, 0.3) is 10.9 Å². The second kappa shape index (κ2) is 3.50. The van der Waals surface area contributed by atoms with Crippen LogP contribution in [0.2, 0.25) is 0 Å². The van der Waals surface area contributed by atoms with Crippen LogP contribution in [0, 0.1) is 0 Å². The van der Waals surface area contributed by atoms with Crippen LogP contribution in [0.4, 0.5) is 0 Å². The molecule has 0 bridgehead atoms. The summed E-state index contributed by atoms with van der Waals surface area (Å²) < 4.78 is 0. The minimum atomic E-state index is 0.537. The molecule has 1 aromatic carbocycles. The van der Waals surface area contributed by atoms with E-state index in [0.717, 1.165) is 5.52 Å². The molecule has 74 valence electrons. The fourth-order valence-electron chi connectivity index (χ4n) is 2.17. The molecule has 1 aromatic heterocycles. The summed E-state index contributed by atoms with van der Waals surface area (Å²) in [7, 11) is 0.